The van der Waals surface area contributed by atoms with Crippen LogP contribution >= 0.6 is 0 Å². The first-order chi connectivity index (χ1) is 13.1. The Balaban J connectivity index is 1.60. The molecule has 1 unspecified atom stereocenters. The summed E-state index contributed by atoms with van der Waals surface area (Å²) in [6.45, 7) is 0.684. The first kappa shape index (κ1) is 17.0. The lowest BCUT2D eigenvalue weighted by atomic mass is 9.77. The number of rotatable bonds is 6. The first-order valence-electron chi connectivity index (χ1n) is 8.83. The van der Waals surface area contributed by atoms with Gasteiger partial charge in [-0.05, 0) is 23.6 Å². The van der Waals surface area contributed by atoms with Crippen LogP contribution in [0.5, 0.6) is 0 Å². The monoisotopic (exact) mass is 358 g/mol. The maximum absolute atomic E-state index is 12.9. The molecular formula is C22H18N2O3. The zero-order valence-electron chi connectivity index (χ0n) is 14.6. The van der Waals surface area contributed by atoms with E-state index in [1.807, 2.05) is 18.2 Å². The molecule has 1 N–H and O–H groups in total. The molecule has 27 heavy (non-hydrogen) atoms. The Kier molecular flexibility index (Phi) is 4.42. The largest absolute Gasteiger partial charge is 0.384 e. The average molecular weight is 358 g/mol. The molecule has 0 aliphatic heterocycles. The summed E-state index contributed by atoms with van der Waals surface area (Å²) < 4.78 is 0. The third-order valence-electron chi connectivity index (χ3n) is 4.99. The molecule has 1 aliphatic rings. The summed E-state index contributed by atoms with van der Waals surface area (Å²) in [6, 6.07) is 21.5. The molecule has 1 aliphatic carbocycles. The SMILES string of the molecule is O=C(c1ccccc1)c1cc([N+](=O)[O-])ccc1NCC1Cc2ccccc21. The van der Waals surface area contributed by atoms with E-state index in [9.17, 15) is 14.9 Å². The molecule has 0 spiro atoms. The number of hydrogen-bond donors (Lipinski definition) is 1. The fourth-order valence-electron chi connectivity index (χ4n) is 3.51. The molecule has 5 nitrogen and oxygen atoms in total. The Morgan fingerprint density at radius 1 is 1.04 bits per heavy atom. The van der Waals surface area contributed by atoms with Crippen molar-refractivity contribution in [1.29, 1.82) is 0 Å². The van der Waals surface area contributed by atoms with Crippen LogP contribution in [0.15, 0.2) is 72.8 Å². The van der Waals surface area contributed by atoms with Crippen LogP contribution in [0, 0.1) is 10.1 Å². The van der Waals surface area contributed by atoms with Gasteiger partial charge in [0.2, 0.25) is 0 Å². The highest BCUT2D eigenvalue weighted by Gasteiger charge is 2.26. The van der Waals surface area contributed by atoms with E-state index in [1.54, 1.807) is 30.3 Å². The number of nitrogens with zero attached hydrogens (tertiary/aromatic N) is 1. The summed E-state index contributed by atoms with van der Waals surface area (Å²) in [5.74, 6) is 0.159. The van der Waals surface area contributed by atoms with Gasteiger partial charge in [-0.25, -0.2) is 0 Å². The van der Waals surface area contributed by atoms with Gasteiger partial charge in [0.25, 0.3) is 5.69 Å². The summed E-state index contributed by atoms with van der Waals surface area (Å²) in [4.78, 5) is 23.6. The molecule has 1 atom stereocenters. The maximum Gasteiger partial charge on any atom is 0.270 e. The van der Waals surface area contributed by atoms with E-state index >= 15 is 0 Å². The highest BCUT2D eigenvalue weighted by molar-refractivity contribution is 6.12. The minimum atomic E-state index is -0.478. The third kappa shape index (κ3) is 3.31. The van der Waals surface area contributed by atoms with Crippen molar-refractivity contribution in [2.24, 2.45) is 0 Å². The van der Waals surface area contributed by atoms with Crippen LogP contribution in [0.1, 0.15) is 33.0 Å². The van der Waals surface area contributed by atoms with Crippen LogP contribution in [0.25, 0.3) is 0 Å². The Morgan fingerprint density at radius 2 is 1.78 bits per heavy atom. The number of benzene rings is 3. The highest BCUT2D eigenvalue weighted by Crippen LogP contribution is 2.35. The summed E-state index contributed by atoms with van der Waals surface area (Å²) in [5, 5.41) is 14.5. The predicted molar refractivity (Wildman–Crippen MR) is 104 cm³/mol. The van der Waals surface area contributed by atoms with Crippen LogP contribution < -0.4 is 5.32 Å². The zero-order chi connectivity index (χ0) is 18.8. The molecule has 0 fully saturated rings. The van der Waals surface area contributed by atoms with E-state index in [-0.39, 0.29) is 11.5 Å². The number of carbonyl (C=O) groups excluding carboxylic acids is 1. The minimum Gasteiger partial charge on any atom is -0.384 e. The van der Waals surface area contributed by atoms with E-state index in [0.29, 0.717) is 29.3 Å². The van der Waals surface area contributed by atoms with Crippen molar-refractivity contribution < 1.29 is 9.72 Å². The Bertz CT molecular complexity index is 1020. The van der Waals surface area contributed by atoms with Gasteiger partial charge in [-0.3, -0.25) is 14.9 Å². The molecule has 0 saturated heterocycles. The second kappa shape index (κ2) is 7.03. The summed E-state index contributed by atoms with van der Waals surface area (Å²) >= 11 is 0. The fraction of sp³-hybridized carbons (Fsp3) is 0.136. The molecule has 5 heteroatoms. The van der Waals surface area contributed by atoms with Crippen LogP contribution in [0.2, 0.25) is 0 Å². The predicted octanol–water partition coefficient (Wildman–Crippen LogP) is 4.58. The van der Waals surface area contributed by atoms with Crippen molar-refractivity contribution in [2.75, 3.05) is 11.9 Å². The van der Waals surface area contributed by atoms with Crippen LogP contribution in [0.4, 0.5) is 11.4 Å². The topological polar surface area (TPSA) is 72.2 Å². The number of nitro benzene ring substituents is 1. The van der Waals surface area contributed by atoms with E-state index in [2.05, 4.69) is 17.4 Å². The maximum atomic E-state index is 12.9. The molecule has 3 aromatic rings. The van der Waals surface area contributed by atoms with Crippen molar-refractivity contribution in [3.05, 3.63) is 105 Å². The van der Waals surface area contributed by atoms with Gasteiger partial charge in [0.05, 0.1) is 10.5 Å². The van der Waals surface area contributed by atoms with Gasteiger partial charge in [-0.1, -0.05) is 54.6 Å². The van der Waals surface area contributed by atoms with E-state index in [0.717, 1.165) is 6.42 Å². The molecule has 0 radical (unpaired) electrons. The number of nitro groups is 1. The standard InChI is InChI=1S/C22H18N2O3/c25-22(15-6-2-1-3-7-15)20-13-18(24(26)27)10-11-21(20)23-14-17-12-16-8-4-5-9-19(16)17/h1-11,13,17,23H,12,14H2. The summed E-state index contributed by atoms with van der Waals surface area (Å²) in [7, 11) is 0. The molecule has 0 amide bonds. The number of hydrogen-bond acceptors (Lipinski definition) is 4. The molecule has 0 heterocycles. The molecular weight excluding hydrogens is 340 g/mol. The molecule has 0 aromatic heterocycles. The molecule has 3 aromatic carbocycles. The first-order valence-corrected chi connectivity index (χ1v) is 8.83. The number of anilines is 1. The van der Waals surface area contributed by atoms with Gasteiger partial charge in [-0.15, -0.1) is 0 Å². The van der Waals surface area contributed by atoms with Gasteiger partial charge in [-0.2, -0.15) is 0 Å². The van der Waals surface area contributed by atoms with Crippen molar-refractivity contribution in [3.63, 3.8) is 0 Å². The van der Waals surface area contributed by atoms with Crippen LogP contribution in [-0.4, -0.2) is 17.3 Å². The van der Waals surface area contributed by atoms with E-state index in [4.69, 9.17) is 0 Å². The third-order valence-corrected chi connectivity index (χ3v) is 4.99. The number of non-ortho nitro benzene ring substituents is 1. The van der Waals surface area contributed by atoms with Crippen molar-refractivity contribution in [2.45, 2.75) is 12.3 Å². The van der Waals surface area contributed by atoms with Gasteiger partial charge in [0.1, 0.15) is 0 Å². The van der Waals surface area contributed by atoms with Gasteiger partial charge < -0.3 is 5.32 Å². The number of carbonyl (C=O) groups is 1. The normalized spacial score (nSPS) is 14.7. The lowest BCUT2D eigenvalue weighted by molar-refractivity contribution is -0.384. The Morgan fingerprint density at radius 3 is 2.52 bits per heavy atom. The summed E-state index contributed by atoms with van der Waals surface area (Å²) in [5.41, 5.74) is 4.04. The van der Waals surface area contributed by atoms with Gasteiger partial charge in [0, 0.05) is 35.8 Å². The second-order valence-corrected chi connectivity index (χ2v) is 6.66. The minimum absolute atomic E-state index is 0.0891. The van der Waals surface area contributed by atoms with E-state index in [1.165, 1.54) is 23.3 Å². The molecule has 0 bridgehead atoms. The van der Waals surface area contributed by atoms with Crippen LogP contribution in [-0.2, 0) is 6.42 Å². The lowest BCUT2D eigenvalue weighted by Crippen LogP contribution is -2.24. The number of nitrogens with one attached hydrogen (secondary N) is 1. The molecule has 0 saturated carbocycles. The second-order valence-electron chi connectivity index (χ2n) is 6.66. The van der Waals surface area contributed by atoms with Crippen LogP contribution in [0.3, 0.4) is 0 Å². The van der Waals surface area contributed by atoms with Gasteiger partial charge >= 0.3 is 0 Å². The van der Waals surface area contributed by atoms with E-state index < -0.39 is 4.92 Å². The molecule has 4 rings (SSSR count). The quantitative estimate of drug-likeness (QED) is 0.398. The molecule has 134 valence electrons. The zero-order valence-corrected chi connectivity index (χ0v) is 14.6. The number of ketones is 1. The smallest absolute Gasteiger partial charge is 0.270 e. The number of fused-ring (bicyclic) bond motifs is 1. The van der Waals surface area contributed by atoms with Crippen molar-refractivity contribution >= 4 is 17.2 Å². The van der Waals surface area contributed by atoms with Crippen molar-refractivity contribution in [3.8, 4) is 0 Å². The van der Waals surface area contributed by atoms with Crippen molar-refractivity contribution in [1.82, 2.24) is 0 Å². The van der Waals surface area contributed by atoms with Gasteiger partial charge in [0.15, 0.2) is 5.78 Å². The fourth-order valence-corrected chi connectivity index (χ4v) is 3.51. The Labute approximate surface area is 156 Å². The summed E-state index contributed by atoms with van der Waals surface area (Å²) in [6.07, 6.45) is 0.998. The highest BCUT2D eigenvalue weighted by atomic mass is 16.6. The lowest BCUT2D eigenvalue weighted by Gasteiger charge is -2.30. The average Bonchev–Trinajstić information content (AvgIpc) is 2.68. The Hall–Kier alpha value is -3.47.